The molecule has 3 heterocycles. The summed E-state index contributed by atoms with van der Waals surface area (Å²) in [5, 5.41) is 0. The highest BCUT2D eigenvalue weighted by Gasteiger charge is 2.20. The van der Waals surface area contributed by atoms with Crippen LogP contribution in [0.5, 0.6) is 11.5 Å². The third-order valence-corrected chi connectivity index (χ3v) is 4.53. The van der Waals surface area contributed by atoms with Crippen LogP contribution in [0, 0.1) is 0 Å². The summed E-state index contributed by atoms with van der Waals surface area (Å²) in [5.41, 5.74) is 8.91. The van der Waals surface area contributed by atoms with E-state index in [0.717, 1.165) is 30.2 Å². The molecule has 140 valence electrons. The molecule has 1 saturated heterocycles. The molecule has 1 fully saturated rings. The van der Waals surface area contributed by atoms with E-state index in [-0.39, 0.29) is 5.95 Å². The van der Waals surface area contributed by atoms with Gasteiger partial charge in [0.15, 0.2) is 17.3 Å². The highest BCUT2D eigenvalue weighted by molar-refractivity contribution is 5.89. The van der Waals surface area contributed by atoms with Gasteiger partial charge in [0.25, 0.3) is 0 Å². The molecule has 3 aromatic rings. The van der Waals surface area contributed by atoms with E-state index >= 15 is 0 Å². The fourth-order valence-electron chi connectivity index (χ4n) is 3.25. The van der Waals surface area contributed by atoms with Gasteiger partial charge < -0.3 is 24.8 Å². The molecule has 2 aromatic heterocycles. The van der Waals surface area contributed by atoms with Crippen LogP contribution in [0.4, 0.5) is 11.8 Å². The second kappa shape index (κ2) is 7.24. The highest BCUT2D eigenvalue weighted by atomic mass is 16.5. The maximum absolute atomic E-state index is 5.92. The van der Waals surface area contributed by atoms with Gasteiger partial charge in [-0.05, 0) is 24.3 Å². The van der Waals surface area contributed by atoms with Crippen LogP contribution in [0.3, 0.4) is 0 Å². The molecule has 27 heavy (non-hydrogen) atoms. The van der Waals surface area contributed by atoms with Crippen molar-refractivity contribution in [3.63, 3.8) is 0 Å². The first-order valence-electron chi connectivity index (χ1n) is 8.69. The van der Waals surface area contributed by atoms with Crippen LogP contribution in [0.1, 0.15) is 0 Å². The van der Waals surface area contributed by atoms with Crippen molar-refractivity contribution >= 4 is 22.8 Å². The van der Waals surface area contributed by atoms with Crippen LogP contribution >= 0.6 is 0 Å². The number of fused-ring (bicyclic) bond motifs is 1. The van der Waals surface area contributed by atoms with Gasteiger partial charge in [0, 0.05) is 18.7 Å². The Bertz CT molecular complexity index is 973. The predicted molar refractivity (Wildman–Crippen MR) is 103 cm³/mol. The van der Waals surface area contributed by atoms with Gasteiger partial charge in [-0.2, -0.15) is 4.98 Å². The topological polar surface area (TPSA) is 95.6 Å². The normalized spacial score (nSPS) is 14.4. The summed E-state index contributed by atoms with van der Waals surface area (Å²) in [4.78, 5) is 15.8. The Morgan fingerprint density at radius 2 is 1.81 bits per heavy atom. The van der Waals surface area contributed by atoms with Gasteiger partial charge in [-0.1, -0.05) is 6.07 Å². The standard InChI is InChI=1S/C19H21N5O3/c1-25-15-5-3-4-12(17(15)26-2)13-6-7-14-16(21-13)18(23-19(20)22-14)24-8-10-27-11-9-24/h3-7H,8-11H2,1-2H3,(H2,20,22,23). The van der Waals surface area contributed by atoms with Gasteiger partial charge >= 0.3 is 0 Å². The molecule has 0 unspecified atom stereocenters. The Hall–Kier alpha value is -3.13. The van der Waals surface area contributed by atoms with E-state index in [1.165, 1.54) is 0 Å². The van der Waals surface area contributed by atoms with E-state index in [9.17, 15) is 0 Å². The first-order chi connectivity index (χ1) is 13.2. The fraction of sp³-hybridized carbons (Fsp3) is 0.316. The quantitative estimate of drug-likeness (QED) is 0.749. The van der Waals surface area contributed by atoms with Crippen molar-refractivity contribution in [2.24, 2.45) is 0 Å². The minimum atomic E-state index is 0.234. The lowest BCUT2D eigenvalue weighted by molar-refractivity contribution is 0.122. The van der Waals surface area contributed by atoms with E-state index in [0.29, 0.717) is 35.7 Å². The minimum absolute atomic E-state index is 0.234. The zero-order chi connectivity index (χ0) is 18.8. The average Bonchev–Trinajstić information content (AvgIpc) is 2.72. The third-order valence-electron chi connectivity index (χ3n) is 4.53. The van der Waals surface area contributed by atoms with Gasteiger partial charge in [0.05, 0.1) is 38.6 Å². The van der Waals surface area contributed by atoms with E-state index in [1.807, 2.05) is 30.3 Å². The average molecular weight is 367 g/mol. The molecule has 0 amide bonds. The molecule has 0 aliphatic carbocycles. The summed E-state index contributed by atoms with van der Waals surface area (Å²) in [6.45, 7) is 2.77. The number of nitrogens with two attached hydrogens (primary N) is 1. The van der Waals surface area contributed by atoms with Crippen molar-refractivity contribution in [3.05, 3.63) is 30.3 Å². The molecule has 0 bridgehead atoms. The van der Waals surface area contributed by atoms with Crippen LogP contribution in [-0.2, 0) is 4.74 Å². The van der Waals surface area contributed by atoms with Crippen molar-refractivity contribution in [1.82, 2.24) is 15.0 Å². The zero-order valence-corrected chi connectivity index (χ0v) is 15.3. The van der Waals surface area contributed by atoms with Crippen molar-refractivity contribution in [2.45, 2.75) is 0 Å². The van der Waals surface area contributed by atoms with Gasteiger partial charge in [-0.15, -0.1) is 0 Å². The van der Waals surface area contributed by atoms with E-state index in [1.54, 1.807) is 14.2 Å². The van der Waals surface area contributed by atoms with Crippen molar-refractivity contribution < 1.29 is 14.2 Å². The summed E-state index contributed by atoms with van der Waals surface area (Å²) in [6, 6.07) is 9.51. The maximum atomic E-state index is 5.92. The van der Waals surface area contributed by atoms with Crippen LogP contribution in [-0.4, -0.2) is 55.5 Å². The first-order valence-corrected chi connectivity index (χ1v) is 8.69. The van der Waals surface area contributed by atoms with Gasteiger partial charge in [-0.3, -0.25) is 0 Å². The molecule has 0 radical (unpaired) electrons. The number of hydrogen-bond donors (Lipinski definition) is 1. The number of anilines is 2. The third kappa shape index (κ3) is 3.19. The largest absolute Gasteiger partial charge is 0.493 e. The molecule has 0 saturated carbocycles. The predicted octanol–water partition coefficient (Wildman–Crippen LogP) is 2.13. The Morgan fingerprint density at radius 1 is 1.00 bits per heavy atom. The molecule has 2 N–H and O–H groups in total. The molecular weight excluding hydrogens is 346 g/mol. The summed E-state index contributed by atoms with van der Waals surface area (Å²) in [7, 11) is 3.23. The minimum Gasteiger partial charge on any atom is -0.493 e. The number of methoxy groups -OCH3 is 2. The number of aromatic nitrogens is 3. The van der Waals surface area contributed by atoms with Gasteiger partial charge in [0.2, 0.25) is 5.95 Å². The van der Waals surface area contributed by atoms with Crippen molar-refractivity contribution in [3.8, 4) is 22.8 Å². The molecule has 0 atom stereocenters. The molecule has 1 aliphatic rings. The molecular formula is C19H21N5O3. The van der Waals surface area contributed by atoms with Crippen molar-refractivity contribution in [2.75, 3.05) is 51.2 Å². The number of hydrogen-bond acceptors (Lipinski definition) is 8. The number of ether oxygens (including phenoxy) is 3. The van der Waals surface area contributed by atoms with Gasteiger partial charge in [0.1, 0.15) is 5.52 Å². The second-order valence-corrected chi connectivity index (χ2v) is 6.11. The number of morpholine rings is 1. The lowest BCUT2D eigenvalue weighted by Gasteiger charge is -2.28. The maximum Gasteiger partial charge on any atom is 0.222 e. The molecule has 1 aromatic carbocycles. The summed E-state index contributed by atoms with van der Waals surface area (Å²) >= 11 is 0. The lowest BCUT2D eigenvalue weighted by Crippen LogP contribution is -2.37. The van der Waals surface area contributed by atoms with E-state index in [4.69, 9.17) is 24.9 Å². The Labute approximate surface area is 156 Å². The number of nitrogens with zero attached hydrogens (tertiary/aromatic N) is 4. The Morgan fingerprint density at radius 3 is 2.56 bits per heavy atom. The number of para-hydroxylation sites is 1. The number of benzene rings is 1. The van der Waals surface area contributed by atoms with Crippen LogP contribution in [0.15, 0.2) is 30.3 Å². The second-order valence-electron chi connectivity index (χ2n) is 6.11. The zero-order valence-electron chi connectivity index (χ0n) is 15.3. The number of pyridine rings is 1. The molecule has 8 nitrogen and oxygen atoms in total. The molecule has 1 aliphatic heterocycles. The van der Waals surface area contributed by atoms with E-state index in [2.05, 4.69) is 14.9 Å². The Kier molecular flexibility index (Phi) is 4.64. The van der Waals surface area contributed by atoms with E-state index < -0.39 is 0 Å². The van der Waals surface area contributed by atoms with Crippen molar-refractivity contribution in [1.29, 1.82) is 0 Å². The number of nitrogen functional groups attached to an aromatic ring is 1. The Balaban J connectivity index is 1.88. The summed E-state index contributed by atoms with van der Waals surface area (Å²) in [6.07, 6.45) is 0. The SMILES string of the molecule is COc1cccc(-c2ccc3nc(N)nc(N4CCOCC4)c3n2)c1OC. The smallest absolute Gasteiger partial charge is 0.222 e. The lowest BCUT2D eigenvalue weighted by atomic mass is 10.1. The first kappa shape index (κ1) is 17.3. The van der Waals surface area contributed by atoms with Crippen LogP contribution in [0.25, 0.3) is 22.3 Å². The van der Waals surface area contributed by atoms with Crippen LogP contribution in [0.2, 0.25) is 0 Å². The summed E-state index contributed by atoms with van der Waals surface area (Å²) < 4.78 is 16.4. The molecule has 4 rings (SSSR count). The monoisotopic (exact) mass is 367 g/mol. The van der Waals surface area contributed by atoms with Gasteiger partial charge in [-0.25, -0.2) is 9.97 Å². The molecule has 8 heteroatoms. The fourth-order valence-corrected chi connectivity index (χ4v) is 3.25. The molecule has 0 spiro atoms. The van der Waals surface area contributed by atoms with Crippen LogP contribution < -0.4 is 20.1 Å². The summed E-state index contributed by atoms with van der Waals surface area (Å²) in [5.74, 6) is 2.25. The number of rotatable bonds is 4. The highest BCUT2D eigenvalue weighted by Crippen LogP contribution is 2.38.